The molecular weight excluding hydrogens is 312 g/mol. The average Bonchev–Trinajstić information content (AvgIpc) is 2.40. The van der Waals surface area contributed by atoms with Crippen molar-refractivity contribution in [2.24, 2.45) is 0 Å². The van der Waals surface area contributed by atoms with Crippen LogP contribution in [0.4, 0.5) is 0 Å². The number of hydrogen-bond acceptors (Lipinski definition) is 3. The van der Waals surface area contributed by atoms with Crippen molar-refractivity contribution in [2.75, 3.05) is 13.2 Å². The molecule has 1 aliphatic rings. The molecule has 102 valence electrons. The van der Waals surface area contributed by atoms with Crippen molar-refractivity contribution in [3.05, 3.63) is 34.3 Å². The molecule has 0 radical (unpaired) electrons. The topological polar surface area (TPSA) is 55.8 Å². The normalized spacial score (nSPS) is 19.5. The van der Waals surface area contributed by atoms with Gasteiger partial charge < -0.3 is 14.6 Å². The Kier molecular flexibility index (Phi) is 4.99. The Morgan fingerprint density at radius 2 is 2.37 bits per heavy atom. The summed E-state index contributed by atoms with van der Waals surface area (Å²) in [4.78, 5) is 10.6. The Morgan fingerprint density at radius 1 is 1.53 bits per heavy atom. The summed E-state index contributed by atoms with van der Waals surface area (Å²) >= 11 is 3.43. The molecule has 1 fully saturated rings. The number of hydrogen-bond donors (Lipinski definition) is 1. The molecule has 1 atom stereocenters. The van der Waals surface area contributed by atoms with E-state index in [0.29, 0.717) is 12.4 Å². The highest BCUT2D eigenvalue weighted by Gasteiger charge is 2.18. The minimum Gasteiger partial charge on any atom is -0.486 e. The molecule has 0 saturated carbocycles. The molecule has 1 aromatic rings. The molecule has 0 aromatic heterocycles. The van der Waals surface area contributed by atoms with Gasteiger partial charge >= 0.3 is 5.97 Å². The van der Waals surface area contributed by atoms with Gasteiger partial charge in [0.15, 0.2) is 0 Å². The first-order valence-corrected chi connectivity index (χ1v) is 6.90. The Labute approximate surface area is 120 Å². The fraction of sp³-hybridized carbons (Fsp3) is 0.357. The van der Waals surface area contributed by atoms with Crippen molar-refractivity contribution in [3.63, 3.8) is 0 Å². The second-order valence-electron chi connectivity index (χ2n) is 4.29. The summed E-state index contributed by atoms with van der Waals surface area (Å²) in [5.41, 5.74) is 0.738. The lowest BCUT2D eigenvalue weighted by molar-refractivity contribution is -0.131. The quantitative estimate of drug-likeness (QED) is 0.864. The third-order valence-corrected chi connectivity index (χ3v) is 3.43. The lowest BCUT2D eigenvalue weighted by Crippen LogP contribution is -2.28. The van der Waals surface area contributed by atoms with Gasteiger partial charge in [-0.2, -0.15) is 0 Å². The van der Waals surface area contributed by atoms with Crippen molar-refractivity contribution in [1.82, 2.24) is 0 Å². The van der Waals surface area contributed by atoms with Crippen molar-refractivity contribution in [2.45, 2.75) is 18.9 Å². The summed E-state index contributed by atoms with van der Waals surface area (Å²) in [5, 5.41) is 8.70. The lowest BCUT2D eigenvalue weighted by atomic mass is 10.1. The summed E-state index contributed by atoms with van der Waals surface area (Å²) < 4.78 is 12.1. The molecule has 1 aliphatic heterocycles. The van der Waals surface area contributed by atoms with Gasteiger partial charge in [-0.25, -0.2) is 4.79 Å². The van der Waals surface area contributed by atoms with Gasteiger partial charge in [-0.15, -0.1) is 0 Å². The molecule has 0 amide bonds. The van der Waals surface area contributed by atoms with E-state index in [1.165, 1.54) is 6.08 Å². The van der Waals surface area contributed by atoms with E-state index in [-0.39, 0.29) is 6.10 Å². The molecule has 1 N–H and O–H groups in total. The zero-order valence-electron chi connectivity index (χ0n) is 10.3. The molecule has 19 heavy (non-hydrogen) atoms. The maximum absolute atomic E-state index is 10.6. The van der Waals surface area contributed by atoms with Crippen LogP contribution in [0.15, 0.2) is 28.7 Å². The molecule has 1 aromatic carbocycles. The highest BCUT2D eigenvalue weighted by molar-refractivity contribution is 9.10. The number of carbonyl (C=O) groups is 1. The van der Waals surface area contributed by atoms with Crippen LogP contribution in [-0.4, -0.2) is 30.4 Å². The van der Waals surface area contributed by atoms with E-state index in [4.69, 9.17) is 14.6 Å². The van der Waals surface area contributed by atoms with Gasteiger partial charge in [-0.3, -0.25) is 0 Å². The maximum atomic E-state index is 10.6. The first-order chi connectivity index (χ1) is 9.16. The van der Waals surface area contributed by atoms with Crippen molar-refractivity contribution >= 4 is 28.0 Å². The van der Waals surface area contributed by atoms with Gasteiger partial charge in [0, 0.05) is 18.2 Å². The van der Waals surface area contributed by atoms with E-state index in [9.17, 15) is 4.79 Å². The van der Waals surface area contributed by atoms with E-state index >= 15 is 0 Å². The maximum Gasteiger partial charge on any atom is 0.328 e. The predicted molar refractivity (Wildman–Crippen MR) is 75.3 cm³/mol. The number of halogens is 1. The third-order valence-electron chi connectivity index (χ3n) is 2.81. The number of rotatable bonds is 4. The monoisotopic (exact) mass is 326 g/mol. The third kappa shape index (κ3) is 4.08. The standard InChI is InChI=1S/C14H15BrO4/c15-12-5-1-3-10(6-7-13(16)17)14(12)19-11-4-2-8-18-9-11/h1,3,5-7,11H,2,4,8-9H2,(H,16,17)/b7-6+. The highest BCUT2D eigenvalue weighted by atomic mass is 79.9. The largest absolute Gasteiger partial charge is 0.486 e. The minimum atomic E-state index is -0.980. The average molecular weight is 327 g/mol. The van der Waals surface area contributed by atoms with Crippen LogP contribution in [0, 0.1) is 0 Å². The van der Waals surface area contributed by atoms with Crippen LogP contribution in [0.25, 0.3) is 6.08 Å². The van der Waals surface area contributed by atoms with E-state index in [1.54, 1.807) is 0 Å². The molecule has 0 aliphatic carbocycles. The van der Waals surface area contributed by atoms with Crippen LogP contribution in [-0.2, 0) is 9.53 Å². The number of carboxylic acid groups (broad SMARTS) is 1. The summed E-state index contributed by atoms with van der Waals surface area (Å²) in [5.74, 6) is -0.317. The highest BCUT2D eigenvalue weighted by Crippen LogP contribution is 2.32. The zero-order valence-corrected chi connectivity index (χ0v) is 11.9. The second-order valence-corrected chi connectivity index (χ2v) is 5.14. The van der Waals surface area contributed by atoms with Gasteiger partial charge in [0.05, 0.1) is 11.1 Å². The molecule has 1 heterocycles. The lowest BCUT2D eigenvalue weighted by Gasteiger charge is -2.24. The first kappa shape index (κ1) is 14.1. The molecule has 1 unspecified atom stereocenters. The van der Waals surface area contributed by atoms with Crippen LogP contribution in [0.2, 0.25) is 0 Å². The van der Waals surface area contributed by atoms with Gasteiger partial charge in [-0.1, -0.05) is 12.1 Å². The van der Waals surface area contributed by atoms with Gasteiger partial charge in [0.25, 0.3) is 0 Å². The van der Waals surface area contributed by atoms with Crippen molar-refractivity contribution < 1.29 is 19.4 Å². The number of benzene rings is 1. The fourth-order valence-electron chi connectivity index (χ4n) is 1.91. The van der Waals surface area contributed by atoms with Crippen molar-refractivity contribution in [3.8, 4) is 5.75 Å². The zero-order chi connectivity index (χ0) is 13.7. The Morgan fingerprint density at radius 3 is 3.05 bits per heavy atom. The van der Waals surface area contributed by atoms with E-state index in [0.717, 1.165) is 35.6 Å². The molecule has 1 saturated heterocycles. The SMILES string of the molecule is O=C(O)/C=C/c1cccc(Br)c1OC1CCCOC1. The molecule has 5 heteroatoms. The predicted octanol–water partition coefficient (Wildman–Crippen LogP) is 3.10. The number of ether oxygens (including phenoxy) is 2. The van der Waals surface area contributed by atoms with Gasteiger partial charge in [0.2, 0.25) is 0 Å². The second kappa shape index (κ2) is 6.73. The van der Waals surface area contributed by atoms with E-state index < -0.39 is 5.97 Å². The first-order valence-electron chi connectivity index (χ1n) is 6.11. The van der Waals surface area contributed by atoms with Crippen LogP contribution in [0.5, 0.6) is 5.75 Å². The molecule has 0 spiro atoms. The summed E-state index contributed by atoms with van der Waals surface area (Å²) in [7, 11) is 0. The fourth-order valence-corrected chi connectivity index (χ4v) is 2.39. The molecule has 2 rings (SSSR count). The van der Waals surface area contributed by atoms with Crippen LogP contribution in [0.1, 0.15) is 18.4 Å². The van der Waals surface area contributed by atoms with Crippen LogP contribution < -0.4 is 4.74 Å². The Bertz CT molecular complexity index is 478. The number of carboxylic acids is 1. The summed E-state index contributed by atoms with van der Waals surface area (Å²) in [6.07, 6.45) is 4.58. The smallest absolute Gasteiger partial charge is 0.328 e. The Balaban J connectivity index is 2.19. The van der Waals surface area contributed by atoms with Crippen LogP contribution in [0.3, 0.4) is 0 Å². The van der Waals surface area contributed by atoms with E-state index in [1.807, 2.05) is 18.2 Å². The molecular formula is C14H15BrO4. The van der Waals surface area contributed by atoms with Crippen LogP contribution >= 0.6 is 15.9 Å². The number of aliphatic carboxylic acids is 1. The molecule has 4 nitrogen and oxygen atoms in total. The summed E-state index contributed by atoms with van der Waals surface area (Å²) in [6.45, 7) is 1.35. The van der Waals surface area contributed by atoms with Gasteiger partial charge in [-0.05, 0) is 40.9 Å². The molecule has 0 bridgehead atoms. The number of para-hydroxylation sites is 1. The minimum absolute atomic E-state index is 0.0180. The van der Waals surface area contributed by atoms with Crippen molar-refractivity contribution in [1.29, 1.82) is 0 Å². The Hall–Kier alpha value is -1.33. The van der Waals surface area contributed by atoms with E-state index in [2.05, 4.69) is 15.9 Å². The summed E-state index contributed by atoms with van der Waals surface area (Å²) in [6, 6.07) is 5.54. The van der Waals surface area contributed by atoms with Gasteiger partial charge in [0.1, 0.15) is 11.9 Å².